The Morgan fingerprint density at radius 1 is 0.917 bits per heavy atom. The van der Waals surface area contributed by atoms with E-state index in [1.165, 1.54) is 0 Å². The van der Waals surface area contributed by atoms with E-state index in [4.69, 9.17) is 19.4 Å². The second-order valence-electron chi connectivity index (χ2n) is 8.32. The van der Waals surface area contributed by atoms with E-state index in [2.05, 4.69) is 20.7 Å². The van der Waals surface area contributed by atoms with Crippen LogP contribution < -0.4 is 16.1 Å². The van der Waals surface area contributed by atoms with Crippen LogP contribution in [0.25, 0.3) is 28.0 Å². The van der Waals surface area contributed by atoms with Crippen LogP contribution in [0, 0.1) is 0 Å². The highest BCUT2D eigenvalue weighted by atomic mass is 35.5. The van der Waals surface area contributed by atoms with Gasteiger partial charge in [-0.05, 0) is 41.2 Å². The maximum absolute atomic E-state index is 12.6. The monoisotopic (exact) mass is 491 g/mol. The van der Waals surface area contributed by atoms with Gasteiger partial charge in [0.05, 0.1) is 5.69 Å². The molecule has 0 aliphatic rings. The Morgan fingerprint density at radius 2 is 1.64 bits per heavy atom. The molecule has 2 N–H and O–H groups in total. The van der Waals surface area contributed by atoms with Crippen LogP contribution in [-0.2, 0) is 0 Å². The van der Waals surface area contributed by atoms with Crippen LogP contribution in [0.4, 0.5) is 5.82 Å². The van der Waals surface area contributed by atoms with Crippen LogP contribution in [-0.4, -0.2) is 41.4 Å². The van der Waals surface area contributed by atoms with E-state index in [-0.39, 0.29) is 5.91 Å². The Balaban J connectivity index is 1.20. The lowest BCUT2D eigenvalue weighted by molar-refractivity contribution is 0.0953. The fraction of sp³-hybridized carbons (Fsp3) is 0.107. The molecule has 2 heterocycles. The SMILES string of the molecule is [B]c1cnn2c(NCCCNC(=O)c3ccc(-c4ccccc4)cc3)cc(-c3ccccc3Cl)nc12. The van der Waals surface area contributed by atoms with E-state index in [1.54, 1.807) is 10.7 Å². The van der Waals surface area contributed by atoms with Crippen molar-refractivity contribution in [2.24, 2.45) is 0 Å². The van der Waals surface area contributed by atoms with Gasteiger partial charge in [-0.15, -0.1) is 0 Å². The summed E-state index contributed by atoms with van der Waals surface area (Å²) in [6, 6.07) is 27.1. The van der Waals surface area contributed by atoms with Crippen LogP contribution in [0.5, 0.6) is 0 Å². The van der Waals surface area contributed by atoms with Crippen molar-refractivity contribution in [1.29, 1.82) is 0 Å². The lowest BCUT2D eigenvalue weighted by Crippen LogP contribution is -2.26. The van der Waals surface area contributed by atoms with Crippen molar-refractivity contribution in [2.45, 2.75) is 6.42 Å². The molecule has 0 aliphatic carbocycles. The van der Waals surface area contributed by atoms with Crippen LogP contribution in [0.3, 0.4) is 0 Å². The molecule has 2 radical (unpaired) electrons. The van der Waals surface area contributed by atoms with Gasteiger partial charge in [0.15, 0.2) is 5.65 Å². The molecule has 5 aromatic rings. The smallest absolute Gasteiger partial charge is 0.251 e. The zero-order chi connectivity index (χ0) is 24.9. The number of fused-ring (bicyclic) bond motifs is 1. The Morgan fingerprint density at radius 3 is 2.42 bits per heavy atom. The summed E-state index contributed by atoms with van der Waals surface area (Å²) >= 11 is 6.39. The minimum absolute atomic E-state index is 0.0956. The first-order valence-electron chi connectivity index (χ1n) is 11.7. The molecule has 0 saturated heterocycles. The largest absolute Gasteiger partial charge is 0.370 e. The third-order valence-corrected chi connectivity index (χ3v) is 6.18. The van der Waals surface area contributed by atoms with E-state index in [0.29, 0.717) is 40.5 Å². The summed E-state index contributed by atoms with van der Waals surface area (Å²) in [7, 11) is 6.08. The highest BCUT2D eigenvalue weighted by Crippen LogP contribution is 2.28. The average molecular weight is 492 g/mol. The number of anilines is 1. The van der Waals surface area contributed by atoms with Gasteiger partial charge in [0.1, 0.15) is 13.7 Å². The number of benzene rings is 3. The second kappa shape index (κ2) is 10.7. The summed E-state index contributed by atoms with van der Waals surface area (Å²) in [6.45, 7) is 1.15. The van der Waals surface area contributed by atoms with Crippen LogP contribution in [0.15, 0.2) is 91.1 Å². The average Bonchev–Trinajstić information content (AvgIpc) is 3.30. The first kappa shape index (κ1) is 23.6. The number of halogens is 1. The third kappa shape index (κ3) is 5.11. The molecule has 3 aromatic carbocycles. The molecule has 5 rings (SSSR count). The zero-order valence-electron chi connectivity index (χ0n) is 19.5. The Bertz CT molecular complexity index is 1500. The van der Waals surface area contributed by atoms with Gasteiger partial charge in [-0.25, -0.2) is 4.98 Å². The molecule has 2 aromatic heterocycles. The molecule has 8 heteroatoms. The highest BCUT2D eigenvalue weighted by Gasteiger charge is 2.12. The van der Waals surface area contributed by atoms with Gasteiger partial charge in [-0.3, -0.25) is 4.79 Å². The number of hydrogen-bond acceptors (Lipinski definition) is 4. The van der Waals surface area contributed by atoms with Crippen molar-refractivity contribution in [1.82, 2.24) is 19.9 Å². The summed E-state index contributed by atoms with van der Waals surface area (Å²) in [5, 5.41) is 11.3. The molecule has 1 amide bonds. The van der Waals surface area contributed by atoms with Crippen molar-refractivity contribution >= 4 is 42.3 Å². The maximum Gasteiger partial charge on any atom is 0.251 e. The van der Waals surface area contributed by atoms with Crippen LogP contribution in [0.1, 0.15) is 16.8 Å². The van der Waals surface area contributed by atoms with Crippen molar-refractivity contribution in [2.75, 3.05) is 18.4 Å². The number of carbonyl (C=O) groups excluding carboxylic acids is 1. The minimum Gasteiger partial charge on any atom is -0.370 e. The Labute approximate surface area is 215 Å². The molecular weight excluding hydrogens is 469 g/mol. The highest BCUT2D eigenvalue weighted by molar-refractivity contribution is 6.36. The Hall–Kier alpha value is -4.10. The fourth-order valence-electron chi connectivity index (χ4n) is 3.97. The predicted octanol–water partition coefficient (Wildman–Crippen LogP) is 4.74. The van der Waals surface area contributed by atoms with Gasteiger partial charge in [-0.2, -0.15) is 9.61 Å². The molecule has 0 fully saturated rings. The summed E-state index contributed by atoms with van der Waals surface area (Å²) in [5.41, 5.74) is 5.40. The normalized spacial score (nSPS) is 10.9. The summed E-state index contributed by atoms with van der Waals surface area (Å²) in [5.74, 6) is 0.649. The van der Waals surface area contributed by atoms with Gasteiger partial charge in [0.2, 0.25) is 0 Å². The van der Waals surface area contributed by atoms with E-state index >= 15 is 0 Å². The second-order valence-corrected chi connectivity index (χ2v) is 8.73. The number of hydrogen-bond donors (Lipinski definition) is 2. The Kier molecular flexibility index (Phi) is 7.00. The molecule has 6 nitrogen and oxygen atoms in total. The number of nitrogens with zero attached hydrogens (tertiary/aromatic N) is 3. The van der Waals surface area contributed by atoms with Crippen molar-refractivity contribution in [3.8, 4) is 22.4 Å². The molecule has 0 saturated carbocycles. The van der Waals surface area contributed by atoms with Crippen molar-refractivity contribution in [3.63, 3.8) is 0 Å². The van der Waals surface area contributed by atoms with E-state index in [0.717, 1.165) is 28.9 Å². The van der Waals surface area contributed by atoms with Crippen LogP contribution in [0.2, 0.25) is 5.02 Å². The number of carbonyl (C=O) groups is 1. The molecule has 0 unspecified atom stereocenters. The first-order valence-corrected chi connectivity index (χ1v) is 12.0. The van der Waals surface area contributed by atoms with Crippen LogP contribution >= 0.6 is 11.6 Å². The standard InChI is InChI=1S/C28H23BClN5O/c29-23-18-33-35-26(17-25(34-27(23)35)22-9-4-5-10-24(22)30)31-15-6-16-32-28(36)21-13-11-20(12-14-21)19-7-2-1-3-8-19/h1-5,7-14,17-18,31H,6,15-16H2,(H,32,36). The number of rotatable bonds is 8. The van der Waals surface area contributed by atoms with Crippen molar-refractivity contribution in [3.05, 3.63) is 102 Å². The third-order valence-electron chi connectivity index (χ3n) is 5.85. The molecule has 36 heavy (non-hydrogen) atoms. The minimum atomic E-state index is -0.0956. The number of aromatic nitrogens is 3. The van der Waals surface area contributed by atoms with E-state index in [1.807, 2.05) is 84.9 Å². The fourth-order valence-corrected chi connectivity index (χ4v) is 4.20. The topological polar surface area (TPSA) is 71.3 Å². The van der Waals surface area contributed by atoms with E-state index in [9.17, 15) is 4.79 Å². The lowest BCUT2D eigenvalue weighted by Gasteiger charge is -2.12. The molecular formula is C28H23BClN5O. The molecule has 0 spiro atoms. The maximum atomic E-state index is 12.6. The van der Waals surface area contributed by atoms with Gasteiger partial charge in [0.25, 0.3) is 5.91 Å². The zero-order valence-corrected chi connectivity index (χ0v) is 20.2. The molecule has 0 bridgehead atoms. The van der Waals surface area contributed by atoms with Gasteiger partial charge >= 0.3 is 0 Å². The molecule has 0 atom stereocenters. The predicted molar refractivity (Wildman–Crippen MR) is 146 cm³/mol. The van der Waals surface area contributed by atoms with Gasteiger partial charge < -0.3 is 10.6 Å². The van der Waals surface area contributed by atoms with Gasteiger partial charge in [-0.1, -0.05) is 72.3 Å². The quantitative estimate of drug-likeness (QED) is 0.243. The number of amides is 1. The lowest BCUT2D eigenvalue weighted by atomic mass is 10.0. The summed E-state index contributed by atoms with van der Waals surface area (Å²) in [4.78, 5) is 17.2. The molecule has 176 valence electrons. The summed E-state index contributed by atoms with van der Waals surface area (Å²) in [6.07, 6.45) is 2.29. The molecule has 0 aliphatic heterocycles. The van der Waals surface area contributed by atoms with Gasteiger partial charge in [0, 0.05) is 41.5 Å². The first-order chi connectivity index (χ1) is 17.6. The van der Waals surface area contributed by atoms with Crippen molar-refractivity contribution < 1.29 is 4.79 Å². The number of nitrogens with one attached hydrogen (secondary N) is 2. The summed E-state index contributed by atoms with van der Waals surface area (Å²) < 4.78 is 1.67. The van der Waals surface area contributed by atoms with E-state index < -0.39 is 0 Å².